The summed E-state index contributed by atoms with van der Waals surface area (Å²) in [6.07, 6.45) is 0. The van der Waals surface area contributed by atoms with Gasteiger partial charge in [-0.25, -0.2) is 8.42 Å². The molecule has 30 heavy (non-hydrogen) atoms. The van der Waals surface area contributed by atoms with Crippen molar-refractivity contribution in [2.75, 3.05) is 16.2 Å². The highest BCUT2D eigenvalue weighted by Gasteiger charge is 2.28. The highest BCUT2D eigenvalue weighted by atomic mass is 35.5. The van der Waals surface area contributed by atoms with Gasteiger partial charge in [-0.15, -0.1) is 0 Å². The van der Waals surface area contributed by atoms with Gasteiger partial charge in [0.25, 0.3) is 10.0 Å². The average Bonchev–Trinajstić information content (AvgIpc) is 2.70. The third-order valence-corrected chi connectivity index (χ3v) is 7.01. The number of hydrogen-bond donors (Lipinski definition) is 1. The van der Waals surface area contributed by atoms with Crippen molar-refractivity contribution < 1.29 is 13.2 Å². The van der Waals surface area contributed by atoms with Crippen molar-refractivity contribution in [1.82, 2.24) is 0 Å². The highest BCUT2D eigenvalue weighted by molar-refractivity contribution is 7.92. The zero-order valence-electron chi connectivity index (χ0n) is 17.0. The smallest absolute Gasteiger partial charge is 0.264 e. The standard InChI is InChI=1S/C23H23ClN2O3S/c1-16-11-13-19(14-12-16)30(28,29)26(22-10-5-4-7-17(22)2)15-23(27)25-21-9-6-8-20(24)18(21)3/h4-14H,15H2,1-3H3,(H,25,27). The third kappa shape index (κ3) is 4.66. The van der Waals surface area contributed by atoms with Crippen LogP contribution in [0.3, 0.4) is 0 Å². The first kappa shape index (κ1) is 21.9. The molecular weight excluding hydrogens is 420 g/mol. The Bertz CT molecular complexity index is 1180. The monoisotopic (exact) mass is 442 g/mol. The van der Waals surface area contributed by atoms with E-state index >= 15 is 0 Å². The van der Waals surface area contributed by atoms with Crippen LogP contribution in [-0.4, -0.2) is 20.9 Å². The van der Waals surface area contributed by atoms with Gasteiger partial charge < -0.3 is 5.32 Å². The number of aryl methyl sites for hydroxylation is 2. The number of hydrogen-bond acceptors (Lipinski definition) is 3. The molecule has 0 bridgehead atoms. The molecule has 0 saturated carbocycles. The van der Waals surface area contributed by atoms with E-state index in [9.17, 15) is 13.2 Å². The van der Waals surface area contributed by atoms with Crippen LogP contribution >= 0.6 is 11.6 Å². The number of carbonyl (C=O) groups is 1. The van der Waals surface area contributed by atoms with Gasteiger partial charge in [-0.3, -0.25) is 9.10 Å². The van der Waals surface area contributed by atoms with E-state index in [4.69, 9.17) is 11.6 Å². The van der Waals surface area contributed by atoms with Crippen LogP contribution in [0.2, 0.25) is 5.02 Å². The van der Waals surface area contributed by atoms with E-state index < -0.39 is 15.9 Å². The summed E-state index contributed by atoms with van der Waals surface area (Å²) in [6, 6.07) is 18.8. The molecule has 0 saturated heterocycles. The van der Waals surface area contributed by atoms with Crippen molar-refractivity contribution in [3.63, 3.8) is 0 Å². The number of nitrogens with zero attached hydrogens (tertiary/aromatic N) is 1. The number of carbonyl (C=O) groups excluding carboxylic acids is 1. The van der Waals surface area contributed by atoms with E-state index in [2.05, 4.69) is 5.32 Å². The van der Waals surface area contributed by atoms with Gasteiger partial charge in [0, 0.05) is 10.7 Å². The van der Waals surface area contributed by atoms with Crippen LogP contribution in [-0.2, 0) is 14.8 Å². The summed E-state index contributed by atoms with van der Waals surface area (Å²) >= 11 is 6.13. The summed E-state index contributed by atoms with van der Waals surface area (Å²) in [7, 11) is -3.95. The number of para-hydroxylation sites is 1. The lowest BCUT2D eigenvalue weighted by Gasteiger charge is -2.26. The second-order valence-corrected chi connectivity index (χ2v) is 9.34. The Kier molecular flexibility index (Phi) is 6.48. The number of halogens is 1. The highest BCUT2D eigenvalue weighted by Crippen LogP contribution is 2.28. The van der Waals surface area contributed by atoms with Crippen LogP contribution < -0.4 is 9.62 Å². The molecule has 0 aliphatic heterocycles. The first-order valence-electron chi connectivity index (χ1n) is 9.40. The lowest BCUT2D eigenvalue weighted by molar-refractivity contribution is -0.114. The van der Waals surface area contributed by atoms with Crippen LogP contribution in [0.4, 0.5) is 11.4 Å². The van der Waals surface area contributed by atoms with E-state index in [0.717, 1.165) is 21.0 Å². The molecule has 1 amide bonds. The van der Waals surface area contributed by atoms with Gasteiger partial charge in [-0.1, -0.05) is 53.6 Å². The molecule has 0 heterocycles. The summed E-state index contributed by atoms with van der Waals surface area (Å²) in [4.78, 5) is 13.0. The van der Waals surface area contributed by atoms with Crippen molar-refractivity contribution >= 4 is 38.9 Å². The number of sulfonamides is 1. The molecule has 3 aromatic carbocycles. The number of benzene rings is 3. The van der Waals surface area contributed by atoms with Crippen LogP contribution in [0.5, 0.6) is 0 Å². The largest absolute Gasteiger partial charge is 0.324 e. The molecule has 1 N–H and O–H groups in total. The van der Waals surface area contributed by atoms with Gasteiger partial charge in [0.15, 0.2) is 0 Å². The molecule has 0 fully saturated rings. The van der Waals surface area contributed by atoms with Crippen molar-refractivity contribution in [2.24, 2.45) is 0 Å². The minimum atomic E-state index is -3.95. The van der Waals surface area contributed by atoms with Crippen LogP contribution in [0.1, 0.15) is 16.7 Å². The Morgan fingerprint density at radius 3 is 2.27 bits per heavy atom. The molecule has 0 aliphatic carbocycles. The van der Waals surface area contributed by atoms with Crippen molar-refractivity contribution in [2.45, 2.75) is 25.7 Å². The van der Waals surface area contributed by atoms with Crippen LogP contribution in [0.15, 0.2) is 71.6 Å². The van der Waals surface area contributed by atoms with Gasteiger partial charge in [0.05, 0.1) is 10.6 Å². The molecule has 0 unspecified atom stereocenters. The van der Waals surface area contributed by atoms with E-state index in [1.807, 2.05) is 26.0 Å². The normalized spacial score (nSPS) is 11.2. The molecule has 5 nitrogen and oxygen atoms in total. The zero-order chi connectivity index (χ0) is 21.9. The maximum Gasteiger partial charge on any atom is 0.264 e. The zero-order valence-corrected chi connectivity index (χ0v) is 18.6. The molecular formula is C23H23ClN2O3S. The van der Waals surface area contributed by atoms with Gasteiger partial charge in [-0.05, 0) is 62.2 Å². The lowest BCUT2D eigenvalue weighted by atomic mass is 10.2. The summed E-state index contributed by atoms with van der Waals surface area (Å²) in [5.41, 5.74) is 3.42. The minimum Gasteiger partial charge on any atom is -0.324 e. The molecule has 0 spiro atoms. The number of anilines is 2. The number of amides is 1. The SMILES string of the molecule is Cc1ccc(S(=O)(=O)N(CC(=O)Nc2cccc(Cl)c2C)c2ccccc2C)cc1. The second kappa shape index (κ2) is 8.90. The average molecular weight is 443 g/mol. The summed E-state index contributed by atoms with van der Waals surface area (Å²) in [6.45, 7) is 5.12. The molecule has 7 heteroatoms. The molecule has 0 aliphatic rings. The maximum atomic E-state index is 13.4. The van der Waals surface area contributed by atoms with Crippen molar-refractivity contribution in [3.05, 3.63) is 88.4 Å². The van der Waals surface area contributed by atoms with E-state index in [0.29, 0.717) is 16.4 Å². The minimum absolute atomic E-state index is 0.128. The first-order chi connectivity index (χ1) is 14.2. The quantitative estimate of drug-likeness (QED) is 0.577. The fourth-order valence-electron chi connectivity index (χ4n) is 3.04. The number of rotatable bonds is 6. The first-order valence-corrected chi connectivity index (χ1v) is 11.2. The van der Waals surface area contributed by atoms with Gasteiger partial charge >= 0.3 is 0 Å². The summed E-state index contributed by atoms with van der Waals surface area (Å²) in [5, 5.41) is 3.30. The van der Waals surface area contributed by atoms with E-state index in [-0.39, 0.29) is 11.4 Å². The maximum absolute atomic E-state index is 13.4. The molecule has 156 valence electrons. The predicted molar refractivity (Wildman–Crippen MR) is 122 cm³/mol. The predicted octanol–water partition coefficient (Wildman–Crippen LogP) is 5.10. The van der Waals surface area contributed by atoms with E-state index in [1.54, 1.807) is 61.5 Å². The Labute approximate surface area is 182 Å². The molecule has 0 radical (unpaired) electrons. The lowest BCUT2D eigenvalue weighted by Crippen LogP contribution is -2.38. The van der Waals surface area contributed by atoms with Gasteiger partial charge in [-0.2, -0.15) is 0 Å². The molecule has 0 atom stereocenters. The Hall–Kier alpha value is -2.83. The summed E-state index contributed by atoms with van der Waals surface area (Å²) < 4.78 is 28.0. The Morgan fingerprint density at radius 2 is 1.60 bits per heavy atom. The third-order valence-electron chi connectivity index (χ3n) is 4.82. The van der Waals surface area contributed by atoms with Gasteiger partial charge in [0.2, 0.25) is 5.91 Å². The Morgan fingerprint density at radius 1 is 0.933 bits per heavy atom. The topological polar surface area (TPSA) is 66.5 Å². The van der Waals surface area contributed by atoms with Crippen molar-refractivity contribution in [3.8, 4) is 0 Å². The second-order valence-electron chi connectivity index (χ2n) is 7.07. The van der Waals surface area contributed by atoms with Crippen molar-refractivity contribution in [1.29, 1.82) is 0 Å². The van der Waals surface area contributed by atoms with E-state index in [1.165, 1.54) is 0 Å². The van der Waals surface area contributed by atoms with Crippen LogP contribution in [0.25, 0.3) is 0 Å². The molecule has 3 rings (SSSR count). The van der Waals surface area contributed by atoms with Crippen LogP contribution in [0, 0.1) is 20.8 Å². The molecule has 3 aromatic rings. The summed E-state index contributed by atoms with van der Waals surface area (Å²) in [5.74, 6) is -0.459. The Balaban J connectivity index is 1.98. The van der Waals surface area contributed by atoms with Gasteiger partial charge in [0.1, 0.15) is 6.54 Å². The molecule has 0 aromatic heterocycles. The fraction of sp³-hybridized carbons (Fsp3) is 0.174. The number of nitrogens with one attached hydrogen (secondary N) is 1. The fourth-order valence-corrected chi connectivity index (χ4v) is 4.70.